The second-order valence-corrected chi connectivity index (χ2v) is 6.94. The SMILES string of the molecule is O=S(=O)(CCCl)NCC1CCSCC1. The fourth-order valence-electron chi connectivity index (χ4n) is 1.37. The van der Waals surface area contributed by atoms with Gasteiger partial charge in [-0.3, -0.25) is 0 Å². The highest BCUT2D eigenvalue weighted by Gasteiger charge is 2.16. The smallest absolute Gasteiger partial charge is 0.212 e. The second-order valence-electron chi connectivity index (χ2n) is 3.41. The first-order valence-corrected chi connectivity index (χ1v) is 8.09. The van der Waals surface area contributed by atoms with Crippen LogP contribution < -0.4 is 4.72 Å². The normalized spacial score (nSPS) is 19.8. The molecule has 0 spiro atoms. The first-order valence-electron chi connectivity index (χ1n) is 4.75. The summed E-state index contributed by atoms with van der Waals surface area (Å²) in [5.41, 5.74) is 0. The predicted molar refractivity (Wildman–Crippen MR) is 62.6 cm³/mol. The van der Waals surface area contributed by atoms with E-state index in [-0.39, 0.29) is 11.6 Å². The lowest BCUT2D eigenvalue weighted by molar-refractivity contribution is 0.477. The molecular weight excluding hydrogens is 242 g/mol. The first-order chi connectivity index (χ1) is 6.64. The lowest BCUT2D eigenvalue weighted by atomic mass is 10.0. The zero-order valence-electron chi connectivity index (χ0n) is 8.04. The van der Waals surface area contributed by atoms with Gasteiger partial charge >= 0.3 is 0 Å². The quantitative estimate of drug-likeness (QED) is 0.755. The summed E-state index contributed by atoms with van der Waals surface area (Å²) < 4.78 is 25.2. The van der Waals surface area contributed by atoms with Gasteiger partial charge in [-0.05, 0) is 30.3 Å². The molecule has 1 heterocycles. The molecule has 1 saturated heterocycles. The van der Waals surface area contributed by atoms with E-state index >= 15 is 0 Å². The van der Waals surface area contributed by atoms with E-state index in [1.807, 2.05) is 11.8 Å². The highest BCUT2D eigenvalue weighted by Crippen LogP contribution is 2.21. The topological polar surface area (TPSA) is 46.2 Å². The largest absolute Gasteiger partial charge is 0.215 e. The van der Waals surface area contributed by atoms with Crippen LogP contribution in [0.25, 0.3) is 0 Å². The Labute approximate surface area is 95.0 Å². The zero-order valence-corrected chi connectivity index (χ0v) is 10.4. The number of halogens is 1. The van der Waals surface area contributed by atoms with Gasteiger partial charge in [0.05, 0.1) is 5.75 Å². The van der Waals surface area contributed by atoms with Crippen molar-refractivity contribution in [2.75, 3.05) is 29.7 Å². The third-order valence-electron chi connectivity index (χ3n) is 2.28. The minimum Gasteiger partial charge on any atom is -0.215 e. The van der Waals surface area contributed by atoms with Gasteiger partial charge in [0, 0.05) is 12.4 Å². The number of rotatable bonds is 5. The maximum atomic E-state index is 11.3. The third kappa shape index (κ3) is 4.87. The van der Waals surface area contributed by atoms with E-state index < -0.39 is 10.0 Å². The number of thioether (sulfide) groups is 1. The lowest BCUT2D eigenvalue weighted by Crippen LogP contribution is -2.33. The predicted octanol–water partition coefficient (Wildman–Crippen LogP) is 1.29. The highest BCUT2D eigenvalue weighted by molar-refractivity contribution is 7.99. The molecule has 0 aromatic heterocycles. The molecule has 0 aromatic rings. The molecule has 1 rings (SSSR count). The van der Waals surface area contributed by atoms with Crippen molar-refractivity contribution in [1.29, 1.82) is 0 Å². The van der Waals surface area contributed by atoms with E-state index in [9.17, 15) is 8.42 Å². The Balaban J connectivity index is 2.24. The summed E-state index contributed by atoms with van der Waals surface area (Å²) in [4.78, 5) is 0. The van der Waals surface area contributed by atoms with Crippen LogP contribution in [0.5, 0.6) is 0 Å². The molecule has 0 saturated carbocycles. The lowest BCUT2D eigenvalue weighted by Gasteiger charge is -2.21. The van der Waals surface area contributed by atoms with Crippen molar-refractivity contribution in [2.24, 2.45) is 5.92 Å². The summed E-state index contributed by atoms with van der Waals surface area (Å²) >= 11 is 7.33. The zero-order chi connectivity index (χ0) is 10.4. The average Bonchev–Trinajstić information content (AvgIpc) is 2.17. The van der Waals surface area contributed by atoms with E-state index in [1.54, 1.807) is 0 Å². The first kappa shape index (κ1) is 12.6. The fraction of sp³-hybridized carbons (Fsp3) is 1.00. The maximum Gasteiger partial charge on any atom is 0.212 e. The van der Waals surface area contributed by atoms with Gasteiger partial charge in [0.15, 0.2) is 0 Å². The number of alkyl halides is 1. The molecule has 0 amide bonds. The van der Waals surface area contributed by atoms with Crippen LogP contribution in [-0.2, 0) is 10.0 Å². The molecule has 0 bridgehead atoms. The molecule has 1 fully saturated rings. The summed E-state index contributed by atoms with van der Waals surface area (Å²) in [6, 6.07) is 0. The van der Waals surface area contributed by atoms with Crippen LogP contribution in [0.1, 0.15) is 12.8 Å². The second kappa shape index (κ2) is 6.20. The van der Waals surface area contributed by atoms with Crippen LogP contribution in [0.2, 0.25) is 0 Å². The summed E-state index contributed by atoms with van der Waals surface area (Å²) in [6.45, 7) is 0.583. The van der Waals surface area contributed by atoms with Crippen LogP contribution in [-0.4, -0.2) is 38.1 Å². The monoisotopic (exact) mass is 257 g/mol. The number of sulfonamides is 1. The Kier molecular flexibility index (Phi) is 5.59. The molecule has 0 aromatic carbocycles. The molecule has 0 aliphatic carbocycles. The molecule has 6 heteroatoms. The van der Waals surface area contributed by atoms with E-state index in [0.29, 0.717) is 12.5 Å². The molecule has 1 aliphatic rings. The number of nitrogens with one attached hydrogen (secondary N) is 1. The summed E-state index contributed by atoms with van der Waals surface area (Å²) in [5.74, 6) is 3.01. The Morgan fingerprint density at radius 1 is 1.36 bits per heavy atom. The molecule has 0 radical (unpaired) electrons. The van der Waals surface area contributed by atoms with Gasteiger partial charge in [-0.15, -0.1) is 11.6 Å². The van der Waals surface area contributed by atoms with Crippen LogP contribution >= 0.6 is 23.4 Å². The van der Waals surface area contributed by atoms with Gasteiger partial charge in [0.1, 0.15) is 0 Å². The highest BCUT2D eigenvalue weighted by atomic mass is 35.5. The molecule has 14 heavy (non-hydrogen) atoms. The number of hydrogen-bond acceptors (Lipinski definition) is 3. The van der Waals surface area contributed by atoms with Crippen molar-refractivity contribution in [1.82, 2.24) is 4.72 Å². The fourth-order valence-corrected chi connectivity index (χ4v) is 4.02. The van der Waals surface area contributed by atoms with Gasteiger partial charge < -0.3 is 0 Å². The minimum absolute atomic E-state index is 0.0238. The van der Waals surface area contributed by atoms with Gasteiger partial charge in [-0.25, -0.2) is 13.1 Å². The molecular formula is C8H16ClNO2S2. The Bertz CT molecular complexity index is 250. The van der Waals surface area contributed by atoms with Gasteiger partial charge in [-0.1, -0.05) is 0 Å². The molecule has 0 atom stereocenters. The van der Waals surface area contributed by atoms with Crippen LogP contribution in [0, 0.1) is 5.92 Å². The van der Waals surface area contributed by atoms with Crippen LogP contribution in [0.15, 0.2) is 0 Å². The van der Waals surface area contributed by atoms with Gasteiger partial charge in [0.2, 0.25) is 10.0 Å². The average molecular weight is 258 g/mol. The summed E-state index contributed by atoms with van der Waals surface area (Å²) in [7, 11) is -3.12. The van der Waals surface area contributed by atoms with Crippen molar-refractivity contribution in [3.63, 3.8) is 0 Å². The Morgan fingerprint density at radius 2 is 2.00 bits per heavy atom. The van der Waals surface area contributed by atoms with Crippen molar-refractivity contribution in [3.05, 3.63) is 0 Å². The summed E-state index contributed by atoms with van der Waals surface area (Å²) in [6.07, 6.45) is 2.24. The van der Waals surface area contributed by atoms with E-state index in [0.717, 1.165) is 24.3 Å². The molecule has 1 N–H and O–H groups in total. The number of hydrogen-bond donors (Lipinski definition) is 1. The van der Waals surface area contributed by atoms with Crippen molar-refractivity contribution < 1.29 is 8.42 Å². The van der Waals surface area contributed by atoms with Crippen LogP contribution in [0.3, 0.4) is 0 Å². The summed E-state index contributed by atoms with van der Waals surface area (Å²) in [5, 5.41) is 0. The molecule has 1 aliphatic heterocycles. The van der Waals surface area contributed by atoms with Gasteiger partial charge in [-0.2, -0.15) is 11.8 Å². The van der Waals surface area contributed by atoms with Crippen molar-refractivity contribution in [2.45, 2.75) is 12.8 Å². The maximum absolute atomic E-state index is 11.3. The Hall–Kier alpha value is 0.550. The van der Waals surface area contributed by atoms with E-state index in [2.05, 4.69) is 4.72 Å². The van der Waals surface area contributed by atoms with E-state index in [4.69, 9.17) is 11.6 Å². The minimum atomic E-state index is -3.12. The molecule has 3 nitrogen and oxygen atoms in total. The van der Waals surface area contributed by atoms with Gasteiger partial charge in [0.25, 0.3) is 0 Å². The Morgan fingerprint density at radius 3 is 2.57 bits per heavy atom. The van der Waals surface area contributed by atoms with E-state index in [1.165, 1.54) is 0 Å². The van der Waals surface area contributed by atoms with Crippen molar-refractivity contribution in [3.8, 4) is 0 Å². The molecule has 0 unspecified atom stereocenters. The standard InChI is InChI=1S/C8H16ClNO2S2/c9-3-6-14(11,12)10-7-8-1-4-13-5-2-8/h8,10H,1-7H2. The van der Waals surface area contributed by atoms with Crippen LogP contribution in [0.4, 0.5) is 0 Å². The van der Waals surface area contributed by atoms with Crippen molar-refractivity contribution >= 4 is 33.4 Å². The molecule has 84 valence electrons. The third-order valence-corrected chi connectivity index (χ3v) is 5.09.